The molecule has 1 saturated carbocycles. The second kappa shape index (κ2) is 3.96. The number of aryl methyl sites for hydroxylation is 1. The van der Waals surface area contributed by atoms with Gasteiger partial charge in [-0.25, -0.2) is 4.79 Å². The molecule has 1 aliphatic rings. The number of carbonyl (C=O) groups excluding carboxylic acids is 1. The SMILES string of the molecule is Cc1cc(C(=O)O)cc(C(=O)NC2CC2)c1. The van der Waals surface area contributed by atoms with Gasteiger partial charge in [-0.05, 0) is 43.5 Å². The Labute approximate surface area is 93.3 Å². The zero-order valence-corrected chi connectivity index (χ0v) is 8.99. The van der Waals surface area contributed by atoms with Crippen LogP contribution in [0.1, 0.15) is 39.1 Å². The van der Waals surface area contributed by atoms with Crippen molar-refractivity contribution in [1.29, 1.82) is 0 Å². The summed E-state index contributed by atoms with van der Waals surface area (Å²) in [7, 11) is 0. The molecule has 2 rings (SSSR count). The topological polar surface area (TPSA) is 66.4 Å². The Hall–Kier alpha value is -1.84. The van der Waals surface area contributed by atoms with Crippen molar-refractivity contribution in [2.24, 2.45) is 0 Å². The molecule has 84 valence electrons. The van der Waals surface area contributed by atoms with Crippen LogP contribution in [0.15, 0.2) is 18.2 Å². The maximum Gasteiger partial charge on any atom is 0.335 e. The summed E-state index contributed by atoms with van der Waals surface area (Å²) < 4.78 is 0. The zero-order valence-electron chi connectivity index (χ0n) is 8.99. The van der Waals surface area contributed by atoms with Gasteiger partial charge in [0.15, 0.2) is 0 Å². The summed E-state index contributed by atoms with van der Waals surface area (Å²) in [5.41, 5.74) is 1.35. The number of nitrogens with one attached hydrogen (secondary N) is 1. The number of amides is 1. The maximum atomic E-state index is 11.7. The summed E-state index contributed by atoms with van der Waals surface area (Å²) in [6.45, 7) is 1.78. The smallest absolute Gasteiger partial charge is 0.335 e. The van der Waals surface area contributed by atoms with Crippen molar-refractivity contribution in [3.63, 3.8) is 0 Å². The summed E-state index contributed by atoms with van der Waals surface area (Å²) in [5.74, 6) is -1.20. The van der Waals surface area contributed by atoms with Crippen LogP contribution in [0.3, 0.4) is 0 Å². The number of benzene rings is 1. The van der Waals surface area contributed by atoms with E-state index < -0.39 is 5.97 Å². The van der Waals surface area contributed by atoms with Crippen LogP contribution in [0.4, 0.5) is 0 Å². The quantitative estimate of drug-likeness (QED) is 0.811. The largest absolute Gasteiger partial charge is 0.478 e. The van der Waals surface area contributed by atoms with Crippen LogP contribution in [-0.2, 0) is 0 Å². The molecule has 1 fully saturated rings. The molecule has 1 aliphatic carbocycles. The molecule has 2 N–H and O–H groups in total. The van der Waals surface area contributed by atoms with Crippen LogP contribution in [-0.4, -0.2) is 23.0 Å². The van der Waals surface area contributed by atoms with E-state index in [-0.39, 0.29) is 17.5 Å². The van der Waals surface area contributed by atoms with Crippen molar-refractivity contribution >= 4 is 11.9 Å². The van der Waals surface area contributed by atoms with E-state index in [2.05, 4.69) is 5.32 Å². The first-order chi connectivity index (χ1) is 7.56. The third-order valence-electron chi connectivity index (χ3n) is 2.50. The molecule has 0 atom stereocenters. The van der Waals surface area contributed by atoms with Gasteiger partial charge in [0.1, 0.15) is 0 Å². The van der Waals surface area contributed by atoms with Crippen LogP contribution in [0.5, 0.6) is 0 Å². The summed E-state index contributed by atoms with van der Waals surface area (Å²) in [6.07, 6.45) is 2.03. The minimum atomic E-state index is -1.01. The molecule has 0 heterocycles. The Kier molecular flexibility index (Phi) is 2.64. The Morgan fingerprint density at radius 3 is 2.44 bits per heavy atom. The van der Waals surface area contributed by atoms with Gasteiger partial charge in [-0.3, -0.25) is 4.79 Å². The lowest BCUT2D eigenvalue weighted by molar-refractivity contribution is 0.0696. The minimum absolute atomic E-state index is 0.154. The van der Waals surface area contributed by atoms with E-state index >= 15 is 0 Å². The zero-order chi connectivity index (χ0) is 11.7. The molecule has 0 saturated heterocycles. The second-order valence-corrected chi connectivity index (χ2v) is 4.14. The van der Waals surface area contributed by atoms with E-state index in [0.29, 0.717) is 5.56 Å². The third kappa shape index (κ3) is 2.39. The van der Waals surface area contributed by atoms with E-state index in [1.54, 1.807) is 19.1 Å². The highest BCUT2D eigenvalue weighted by atomic mass is 16.4. The molecule has 1 aromatic carbocycles. The predicted octanol–water partition coefficient (Wildman–Crippen LogP) is 1.59. The first-order valence-electron chi connectivity index (χ1n) is 5.22. The van der Waals surface area contributed by atoms with Crippen LogP contribution in [0.2, 0.25) is 0 Å². The van der Waals surface area contributed by atoms with E-state index in [1.165, 1.54) is 6.07 Å². The van der Waals surface area contributed by atoms with Crippen molar-refractivity contribution in [2.75, 3.05) is 0 Å². The van der Waals surface area contributed by atoms with Crippen LogP contribution in [0.25, 0.3) is 0 Å². The Morgan fingerprint density at radius 2 is 1.88 bits per heavy atom. The van der Waals surface area contributed by atoms with Crippen molar-refractivity contribution < 1.29 is 14.7 Å². The molecule has 1 amide bonds. The summed E-state index contributed by atoms with van der Waals surface area (Å²) in [6, 6.07) is 4.94. The molecule has 4 nitrogen and oxygen atoms in total. The first-order valence-corrected chi connectivity index (χ1v) is 5.22. The average Bonchev–Trinajstić information content (AvgIpc) is 3.00. The van der Waals surface area contributed by atoms with Gasteiger partial charge >= 0.3 is 5.97 Å². The van der Waals surface area contributed by atoms with Gasteiger partial charge in [0.25, 0.3) is 5.91 Å². The summed E-state index contributed by atoms with van der Waals surface area (Å²) >= 11 is 0. The van der Waals surface area contributed by atoms with Crippen molar-refractivity contribution in [1.82, 2.24) is 5.32 Å². The normalized spacial score (nSPS) is 14.6. The van der Waals surface area contributed by atoms with E-state index in [4.69, 9.17) is 5.11 Å². The molecule has 0 aromatic heterocycles. The van der Waals surface area contributed by atoms with Crippen LogP contribution < -0.4 is 5.32 Å². The first kappa shape index (κ1) is 10.7. The number of hydrogen-bond acceptors (Lipinski definition) is 2. The lowest BCUT2D eigenvalue weighted by atomic mass is 10.1. The molecule has 0 spiro atoms. The van der Waals surface area contributed by atoms with Gasteiger partial charge < -0.3 is 10.4 Å². The van der Waals surface area contributed by atoms with E-state index in [9.17, 15) is 9.59 Å². The van der Waals surface area contributed by atoms with Gasteiger partial charge in [0.05, 0.1) is 5.56 Å². The van der Waals surface area contributed by atoms with E-state index in [0.717, 1.165) is 18.4 Å². The average molecular weight is 219 g/mol. The lowest BCUT2D eigenvalue weighted by Crippen LogP contribution is -2.25. The van der Waals surface area contributed by atoms with Gasteiger partial charge in [0, 0.05) is 11.6 Å². The fourth-order valence-corrected chi connectivity index (χ4v) is 1.53. The van der Waals surface area contributed by atoms with Gasteiger partial charge in [-0.1, -0.05) is 0 Å². The summed E-state index contributed by atoms with van der Waals surface area (Å²) in [5, 5.41) is 11.7. The van der Waals surface area contributed by atoms with Crippen molar-refractivity contribution in [2.45, 2.75) is 25.8 Å². The molecule has 4 heteroatoms. The molecule has 0 bridgehead atoms. The fraction of sp³-hybridized carbons (Fsp3) is 0.333. The second-order valence-electron chi connectivity index (χ2n) is 4.14. The maximum absolute atomic E-state index is 11.7. The Morgan fingerprint density at radius 1 is 1.25 bits per heavy atom. The third-order valence-corrected chi connectivity index (χ3v) is 2.50. The van der Waals surface area contributed by atoms with Gasteiger partial charge in [-0.2, -0.15) is 0 Å². The number of aromatic carboxylic acids is 1. The minimum Gasteiger partial charge on any atom is -0.478 e. The molecule has 0 aliphatic heterocycles. The van der Waals surface area contributed by atoms with Crippen molar-refractivity contribution in [3.05, 3.63) is 34.9 Å². The van der Waals surface area contributed by atoms with Gasteiger partial charge in [-0.15, -0.1) is 0 Å². The highest BCUT2D eigenvalue weighted by molar-refractivity contribution is 5.98. The predicted molar refractivity (Wildman–Crippen MR) is 58.6 cm³/mol. The van der Waals surface area contributed by atoms with Crippen molar-refractivity contribution in [3.8, 4) is 0 Å². The standard InChI is InChI=1S/C12H13NO3/c1-7-4-8(6-9(5-7)12(15)16)11(14)13-10-2-3-10/h4-6,10H,2-3H2,1H3,(H,13,14)(H,15,16). The van der Waals surface area contributed by atoms with Crippen LogP contribution >= 0.6 is 0 Å². The number of carboxylic acids is 1. The molecular weight excluding hydrogens is 206 g/mol. The molecular formula is C12H13NO3. The summed E-state index contributed by atoms with van der Waals surface area (Å²) in [4.78, 5) is 22.5. The highest BCUT2D eigenvalue weighted by Gasteiger charge is 2.24. The Balaban J connectivity index is 2.24. The highest BCUT2D eigenvalue weighted by Crippen LogP contribution is 2.19. The lowest BCUT2D eigenvalue weighted by Gasteiger charge is -2.05. The molecule has 1 aromatic rings. The molecule has 0 unspecified atom stereocenters. The van der Waals surface area contributed by atoms with Gasteiger partial charge in [0.2, 0.25) is 0 Å². The Bertz CT molecular complexity index is 450. The fourth-order valence-electron chi connectivity index (χ4n) is 1.53. The van der Waals surface area contributed by atoms with Crippen LogP contribution in [0, 0.1) is 6.92 Å². The number of rotatable bonds is 3. The molecule has 16 heavy (non-hydrogen) atoms. The monoisotopic (exact) mass is 219 g/mol. The number of hydrogen-bond donors (Lipinski definition) is 2. The number of carboxylic acid groups (broad SMARTS) is 1. The van der Waals surface area contributed by atoms with E-state index in [1.807, 2.05) is 0 Å². The molecule has 0 radical (unpaired) electrons. The number of carbonyl (C=O) groups is 2.